The van der Waals surface area contributed by atoms with E-state index in [4.69, 9.17) is 5.73 Å². The molecule has 184 valence electrons. The fourth-order valence-corrected chi connectivity index (χ4v) is 5.14. The van der Waals surface area contributed by atoms with Crippen molar-refractivity contribution in [1.29, 1.82) is 0 Å². The number of aromatic nitrogens is 2. The minimum absolute atomic E-state index is 0.111. The number of piperazine rings is 1. The molecule has 7 nitrogen and oxygen atoms in total. The third-order valence-corrected chi connectivity index (χ3v) is 7.04. The monoisotopic (exact) mass is 494 g/mol. The fourth-order valence-electron chi connectivity index (χ4n) is 4.60. The number of hydrogen-bond donors (Lipinski definition) is 1. The Morgan fingerprint density at radius 3 is 2.53 bits per heavy atom. The number of anilines is 1. The van der Waals surface area contributed by atoms with Crippen molar-refractivity contribution >= 4 is 23.6 Å². The standard InChI is InChI=1S/C23H29F3N6OS/c1-16-2-7-19-20(16)21(29-15-28-19)30-10-12-31(13-11-30)22(33)32(9-8-27)14-17-3-5-18(6-4-17)34-23(24,25)26/h3-6,15-16H,2,7-14,27H2,1H3. The second kappa shape index (κ2) is 10.4. The van der Waals surface area contributed by atoms with E-state index in [0.717, 1.165) is 29.9 Å². The van der Waals surface area contributed by atoms with E-state index in [1.54, 1.807) is 23.4 Å². The molecule has 1 saturated heterocycles. The van der Waals surface area contributed by atoms with Crippen LogP contribution in [0.5, 0.6) is 0 Å². The highest BCUT2D eigenvalue weighted by Crippen LogP contribution is 2.38. The van der Waals surface area contributed by atoms with Crippen molar-refractivity contribution in [2.75, 3.05) is 44.2 Å². The highest BCUT2D eigenvalue weighted by atomic mass is 32.2. The Hall–Kier alpha value is -2.53. The second-order valence-corrected chi connectivity index (χ2v) is 9.79. The zero-order valence-electron chi connectivity index (χ0n) is 19.1. The van der Waals surface area contributed by atoms with Crippen molar-refractivity contribution in [3.8, 4) is 0 Å². The van der Waals surface area contributed by atoms with Crippen LogP contribution in [-0.4, -0.2) is 70.6 Å². The van der Waals surface area contributed by atoms with Gasteiger partial charge >= 0.3 is 11.5 Å². The molecule has 0 bridgehead atoms. The molecule has 34 heavy (non-hydrogen) atoms. The lowest BCUT2D eigenvalue weighted by atomic mass is 10.1. The van der Waals surface area contributed by atoms with Crippen molar-refractivity contribution in [3.05, 3.63) is 47.4 Å². The molecule has 0 radical (unpaired) electrons. The molecule has 2 N–H and O–H groups in total. The van der Waals surface area contributed by atoms with Crippen LogP contribution in [0.15, 0.2) is 35.5 Å². The number of carbonyl (C=O) groups is 1. The third-order valence-electron chi connectivity index (χ3n) is 6.30. The van der Waals surface area contributed by atoms with Crippen LogP contribution >= 0.6 is 11.8 Å². The molecule has 2 aromatic rings. The molecule has 4 rings (SSSR count). The number of carbonyl (C=O) groups excluding carboxylic acids is 1. The summed E-state index contributed by atoms with van der Waals surface area (Å²) in [6.45, 7) is 5.67. The Bertz CT molecular complexity index is 995. The van der Waals surface area contributed by atoms with E-state index in [2.05, 4.69) is 21.8 Å². The maximum absolute atomic E-state index is 13.2. The summed E-state index contributed by atoms with van der Waals surface area (Å²) in [4.78, 5) is 28.0. The summed E-state index contributed by atoms with van der Waals surface area (Å²) >= 11 is -0.149. The average molecular weight is 495 g/mol. The zero-order valence-corrected chi connectivity index (χ0v) is 19.9. The summed E-state index contributed by atoms with van der Waals surface area (Å²) in [6.07, 6.45) is 3.70. The Kier molecular flexibility index (Phi) is 7.51. The number of nitrogens with zero attached hydrogens (tertiary/aromatic N) is 5. The predicted octanol–water partition coefficient (Wildman–Crippen LogP) is 3.84. The first kappa shape index (κ1) is 24.6. The molecular formula is C23H29F3N6OS. The molecule has 1 aliphatic carbocycles. The lowest BCUT2D eigenvalue weighted by Crippen LogP contribution is -2.53. The van der Waals surface area contributed by atoms with E-state index in [-0.39, 0.29) is 22.7 Å². The van der Waals surface area contributed by atoms with Crippen LogP contribution in [0.1, 0.15) is 36.1 Å². The first-order valence-electron chi connectivity index (χ1n) is 11.4. The van der Waals surface area contributed by atoms with Gasteiger partial charge in [-0.2, -0.15) is 13.2 Å². The van der Waals surface area contributed by atoms with Crippen LogP contribution in [0, 0.1) is 0 Å². The highest BCUT2D eigenvalue weighted by molar-refractivity contribution is 8.00. The molecule has 0 spiro atoms. The second-order valence-electron chi connectivity index (χ2n) is 8.66. The highest BCUT2D eigenvalue weighted by Gasteiger charge is 2.31. The molecule has 1 fully saturated rings. The van der Waals surface area contributed by atoms with Gasteiger partial charge in [0.25, 0.3) is 0 Å². The number of halogens is 3. The number of urea groups is 1. The van der Waals surface area contributed by atoms with E-state index < -0.39 is 5.51 Å². The first-order chi connectivity index (χ1) is 16.2. The lowest BCUT2D eigenvalue weighted by molar-refractivity contribution is -0.0328. The molecule has 11 heteroatoms. The zero-order chi connectivity index (χ0) is 24.3. The van der Waals surface area contributed by atoms with Crippen LogP contribution < -0.4 is 10.6 Å². The van der Waals surface area contributed by atoms with E-state index in [9.17, 15) is 18.0 Å². The van der Waals surface area contributed by atoms with Crippen LogP contribution in [-0.2, 0) is 13.0 Å². The number of benzene rings is 1. The maximum Gasteiger partial charge on any atom is 0.446 e. The smallest absolute Gasteiger partial charge is 0.353 e. The Labute approximate surface area is 201 Å². The van der Waals surface area contributed by atoms with Crippen LogP contribution in [0.3, 0.4) is 0 Å². The number of nitrogens with two attached hydrogens (primary N) is 1. The predicted molar refractivity (Wildman–Crippen MR) is 126 cm³/mol. The van der Waals surface area contributed by atoms with Crippen molar-refractivity contribution in [2.24, 2.45) is 5.73 Å². The van der Waals surface area contributed by atoms with E-state index >= 15 is 0 Å². The molecule has 1 unspecified atom stereocenters. The van der Waals surface area contributed by atoms with Gasteiger partial charge in [0.1, 0.15) is 12.1 Å². The Morgan fingerprint density at radius 2 is 1.88 bits per heavy atom. The Balaban J connectivity index is 1.38. The van der Waals surface area contributed by atoms with E-state index in [1.165, 1.54) is 17.7 Å². The topological polar surface area (TPSA) is 78.6 Å². The molecular weight excluding hydrogens is 465 g/mol. The molecule has 1 aromatic heterocycles. The minimum Gasteiger partial charge on any atom is -0.353 e. The van der Waals surface area contributed by atoms with Gasteiger partial charge in [-0.3, -0.25) is 0 Å². The number of amides is 2. The number of fused-ring (bicyclic) bond motifs is 1. The average Bonchev–Trinajstić information content (AvgIpc) is 3.20. The quantitative estimate of drug-likeness (QED) is 0.615. The Morgan fingerprint density at radius 1 is 1.18 bits per heavy atom. The number of alkyl halides is 3. The molecule has 1 aliphatic heterocycles. The number of rotatable bonds is 6. The van der Waals surface area contributed by atoms with Gasteiger partial charge < -0.3 is 20.4 Å². The number of hydrogen-bond acceptors (Lipinski definition) is 6. The molecule has 0 saturated carbocycles. The maximum atomic E-state index is 13.2. The summed E-state index contributed by atoms with van der Waals surface area (Å²) in [5, 5.41) is 0. The summed E-state index contributed by atoms with van der Waals surface area (Å²) in [6, 6.07) is 6.00. The van der Waals surface area contributed by atoms with E-state index in [0.29, 0.717) is 51.7 Å². The van der Waals surface area contributed by atoms with Gasteiger partial charge in [0.05, 0.1) is 0 Å². The van der Waals surface area contributed by atoms with E-state index in [1.807, 2.05) is 4.90 Å². The van der Waals surface area contributed by atoms with Gasteiger partial charge in [0.2, 0.25) is 0 Å². The van der Waals surface area contributed by atoms with Crippen molar-refractivity contribution in [3.63, 3.8) is 0 Å². The molecule has 2 heterocycles. The fraction of sp³-hybridized carbons (Fsp3) is 0.522. The molecule has 2 amide bonds. The summed E-state index contributed by atoms with van der Waals surface area (Å²) in [7, 11) is 0. The van der Waals surface area contributed by atoms with Crippen molar-refractivity contribution in [1.82, 2.24) is 19.8 Å². The van der Waals surface area contributed by atoms with Gasteiger partial charge in [-0.05, 0) is 48.2 Å². The third kappa shape index (κ3) is 5.75. The summed E-state index contributed by atoms with van der Waals surface area (Å²) in [5.41, 5.74) is 4.55. The largest absolute Gasteiger partial charge is 0.446 e. The van der Waals surface area contributed by atoms with Gasteiger partial charge in [0, 0.05) is 62.0 Å². The van der Waals surface area contributed by atoms with Crippen molar-refractivity contribution in [2.45, 2.75) is 42.6 Å². The van der Waals surface area contributed by atoms with Crippen LogP contribution in [0.25, 0.3) is 0 Å². The summed E-state index contributed by atoms with van der Waals surface area (Å²) in [5.74, 6) is 1.42. The summed E-state index contributed by atoms with van der Waals surface area (Å²) < 4.78 is 37.7. The van der Waals surface area contributed by atoms with Crippen LogP contribution in [0.2, 0.25) is 0 Å². The van der Waals surface area contributed by atoms with Gasteiger partial charge in [-0.25, -0.2) is 14.8 Å². The minimum atomic E-state index is -4.32. The van der Waals surface area contributed by atoms with Gasteiger partial charge in [-0.1, -0.05) is 19.1 Å². The van der Waals surface area contributed by atoms with Crippen molar-refractivity contribution < 1.29 is 18.0 Å². The van der Waals surface area contributed by atoms with Gasteiger partial charge in [0.15, 0.2) is 0 Å². The SMILES string of the molecule is CC1CCc2ncnc(N3CCN(C(=O)N(CCN)Cc4ccc(SC(F)(F)F)cc4)CC3)c21. The number of thioether (sulfide) groups is 1. The molecule has 1 atom stereocenters. The number of aryl methyl sites for hydroxylation is 1. The molecule has 2 aliphatic rings. The van der Waals surface area contributed by atoms with Crippen LogP contribution in [0.4, 0.5) is 23.8 Å². The lowest BCUT2D eigenvalue weighted by Gasteiger charge is -2.38. The molecule has 1 aromatic carbocycles. The first-order valence-corrected chi connectivity index (χ1v) is 12.2. The normalized spacial score (nSPS) is 18.2. The van der Waals surface area contributed by atoms with Gasteiger partial charge in [-0.15, -0.1) is 0 Å².